The van der Waals surface area contributed by atoms with Gasteiger partial charge >= 0.3 is 13.6 Å². The zero-order chi connectivity index (χ0) is 23.8. The minimum atomic E-state index is -3.69. The fraction of sp³-hybridized carbons (Fsp3) is 0.450. The second-order valence-electron chi connectivity index (χ2n) is 6.42. The van der Waals surface area contributed by atoms with Crippen LogP contribution in [0, 0.1) is 0 Å². The van der Waals surface area contributed by atoms with Crippen LogP contribution >= 0.6 is 18.9 Å². The average molecular weight is 499 g/mol. The number of nitrogens with zero attached hydrogens (tertiary/aromatic N) is 2. The summed E-state index contributed by atoms with van der Waals surface area (Å²) in [5.74, 6) is -0.462. The topological polar surface area (TPSA) is 127 Å². The number of nitrogens with one attached hydrogen (secondary N) is 1. The van der Waals surface area contributed by atoms with Crippen molar-refractivity contribution in [1.82, 2.24) is 4.98 Å². The fourth-order valence-corrected chi connectivity index (χ4v) is 5.73. The number of thiazole rings is 1. The van der Waals surface area contributed by atoms with Crippen LogP contribution in [0.5, 0.6) is 11.5 Å². The van der Waals surface area contributed by atoms with Gasteiger partial charge < -0.3 is 33.4 Å². The van der Waals surface area contributed by atoms with Gasteiger partial charge in [-0.1, -0.05) is 11.2 Å². The molecule has 33 heavy (non-hydrogen) atoms. The molecule has 1 aliphatic heterocycles. The van der Waals surface area contributed by atoms with Crippen LogP contribution in [0.2, 0.25) is 0 Å². The Morgan fingerprint density at radius 2 is 1.94 bits per heavy atom. The number of hydrogen-bond acceptors (Lipinski definition) is 12. The number of rotatable bonds is 12. The standard InChI is InChI=1S/C20H26N3O8PS/c1-5-27-19(24)17(23-26-4)14-11-33-20(21-14)22-18(32(25,30-6-2)31-7-3)13-8-9-15-16(10-13)29-12-28-15/h8-11,18H,5-7,12H2,1-4H3,(H,21,22)/b23-17+. The molecule has 13 heteroatoms. The minimum Gasteiger partial charge on any atom is -0.461 e. The molecule has 0 saturated heterocycles. The van der Waals surface area contributed by atoms with E-state index in [4.69, 9.17) is 28.1 Å². The van der Waals surface area contributed by atoms with Gasteiger partial charge in [0.15, 0.2) is 22.4 Å². The summed E-state index contributed by atoms with van der Waals surface area (Å²) in [6.45, 7) is 5.79. The molecule has 0 fully saturated rings. The summed E-state index contributed by atoms with van der Waals surface area (Å²) in [7, 11) is -2.37. The van der Waals surface area contributed by atoms with E-state index in [0.29, 0.717) is 22.2 Å². The van der Waals surface area contributed by atoms with E-state index in [2.05, 4.69) is 15.5 Å². The Labute approximate surface area is 195 Å². The molecular formula is C20H26N3O8PS. The Kier molecular flexibility index (Phi) is 8.67. The zero-order valence-corrected chi connectivity index (χ0v) is 20.4. The van der Waals surface area contributed by atoms with Gasteiger partial charge in [-0.05, 0) is 38.5 Å². The third-order valence-electron chi connectivity index (χ3n) is 4.31. The lowest BCUT2D eigenvalue weighted by atomic mass is 10.2. The first kappa shape index (κ1) is 25.0. The van der Waals surface area contributed by atoms with Gasteiger partial charge in [-0.3, -0.25) is 4.57 Å². The van der Waals surface area contributed by atoms with Crippen LogP contribution in [0.1, 0.15) is 37.8 Å². The Bertz CT molecular complexity index is 1030. The van der Waals surface area contributed by atoms with Crippen molar-refractivity contribution in [2.45, 2.75) is 26.6 Å². The number of carbonyl (C=O) groups is 1. The average Bonchev–Trinajstić information content (AvgIpc) is 3.45. The van der Waals surface area contributed by atoms with E-state index in [0.717, 1.165) is 0 Å². The molecule has 0 radical (unpaired) electrons. The molecule has 11 nitrogen and oxygen atoms in total. The molecule has 3 rings (SSSR count). The molecule has 1 aromatic carbocycles. The number of benzene rings is 1. The van der Waals surface area contributed by atoms with E-state index >= 15 is 0 Å². The molecule has 1 aromatic heterocycles. The maximum atomic E-state index is 13.7. The summed E-state index contributed by atoms with van der Waals surface area (Å²) >= 11 is 1.19. The van der Waals surface area contributed by atoms with E-state index in [9.17, 15) is 9.36 Å². The van der Waals surface area contributed by atoms with Gasteiger partial charge in [-0.15, -0.1) is 11.3 Å². The maximum absolute atomic E-state index is 13.7. The lowest BCUT2D eigenvalue weighted by molar-refractivity contribution is -0.135. The second kappa shape index (κ2) is 11.5. The molecule has 1 atom stereocenters. The number of oxime groups is 1. The van der Waals surface area contributed by atoms with Crippen molar-refractivity contribution in [2.75, 3.05) is 39.0 Å². The monoisotopic (exact) mass is 499 g/mol. The normalized spacial score (nSPS) is 14.1. The Morgan fingerprint density at radius 3 is 2.61 bits per heavy atom. The zero-order valence-electron chi connectivity index (χ0n) is 18.7. The fourth-order valence-electron chi connectivity index (χ4n) is 3.02. The van der Waals surface area contributed by atoms with Gasteiger partial charge in [0.1, 0.15) is 12.8 Å². The first-order valence-electron chi connectivity index (χ1n) is 10.2. The highest BCUT2D eigenvalue weighted by atomic mass is 32.1. The molecular weight excluding hydrogens is 473 g/mol. The molecule has 0 saturated carbocycles. The molecule has 1 unspecified atom stereocenters. The van der Waals surface area contributed by atoms with Crippen LogP contribution in [-0.2, 0) is 28.0 Å². The quantitative estimate of drug-likeness (QED) is 0.197. The van der Waals surface area contributed by atoms with E-state index in [1.165, 1.54) is 18.4 Å². The molecule has 2 aromatic rings. The van der Waals surface area contributed by atoms with E-state index < -0.39 is 19.3 Å². The number of fused-ring (bicyclic) bond motifs is 1. The van der Waals surface area contributed by atoms with Gasteiger partial charge in [0.2, 0.25) is 12.5 Å². The summed E-state index contributed by atoms with van der Waals surface area (Å²) in [4.78, 5) is 21.4. The smallest absolute Gasteiger partial charge is 0.362 e. The predicted molar refractivity (Wildman–Crippen MR) is 122 cm³/mol. The van der Waals surface area contributed by atoms with Crippen molar-refractivity contribution in [2.24, 2.45) is 5.16 Å². The van der Waals surface area contributed by atoms with Crippen LogP contribution in [0.25, 0.3) is 0 Å². The summed E-state index contributed by atoms with van der Waals surface area (Å²) in [5, 5.41) is 8.84. The molecule has 0 bridgehead atoms. The van der Waals surface area contributed by atoms with Gasteiger partial charge in [0.25, 0.3) is 0 Å². The number of ether oxygens (including phenoxy) is 3. The highest BCUT2D eigenvalue weighted by Gasteiger charge is 2.38. The number of esters is 1. The maximum Gasteiger partial charge on any atom is 0.362 e. The third kappa shape index (κ3) is 5.83. The van der Waals surface area contributed by atoms with Crippen LogP contribution in [-0.4, -0.2) is 50.4 Å². The van der Waals surface area contributed by atoms with Gasteiger partial charge in [-0.2, -0.15) is 0 Å². The van der Waals surface area contributed by atoms with Gasteiger partial charge in [0.05, 0.1) is 19.8 Å². The highest BCUT2D eigenvalue weighted by Crippen LogP contribution is 2.61. The van der Waals surface area contributed by atoms with Crippen molar-refractivity contribution in [3.63, 3.8) is 0 Å². The molecule has 0 aliphatic carbocycles. The van der Waals surface area contributed by atoms with Crippen molar-refractivity contribution < 1.29 is 37.5 Å². The van der Waals surface area contributed by atoms with E-state index in [-0.39, 0.29) is 38.0 Å². The number of anilines is 1. The second-order valence-corrected chi connectivity index (χ2v) is 9.39. The summed E-state index contributed by atoms with van der Waals surface area (Å²) in [5.41, 5.74) is 0.758. The summed E-state index contributed by atoms with van der Waals surface area (Å²) in [6, 6.07) is 5.20. The lowest BCUT2D eigenvalue weighted by Crippen LogP contribution is -2.20. The molecule has 2 heterocycles. The first-order chi connectivity index (χ1) is 16.0. The summed E-state index contributed by atoms with van der Waals surface area (Å²) in [6.07, 6.45) is 0. The molecule has 0 spiro atoms. The molecule has 180 valence electrons. The van der Waals surface area contributed by atoms with Crippen molar-refractivity contribution >= 4 is 35.7 Å². The molecule has 0 amide bonds. The van der Waals surface area contributed by atoms with Crippen LogP contribution in [0.15, 0.2) is 28.7 Å². The highest BCUT2D eigenvalue weighted by molar-refractivity contribution is 7.54. The third-order valence-corrected chi connectivity index (χ3v) is 7.37. The number of carbonyl (C=O) groups excluding carboxylic acids is 1. The number of hydrogen-bond donors (Lipinski definition) is 1. The Hall–Kier alpha value is -2.66. The Balaban J connectivity index is 1.96. The SMILES string of the molecule is CCOC(=O)/C(=N/OC)c1csc(NC(c2ccc3c(c2)OCO3)P(=O)(OCC)OCC)n1. The Morgan fingerprint density at radius 1 is 1.21 bits per heavy atom. The van der Waals surface area contributed by atoms with Crippen LogP contribution < -0.4 is 14.8 Å². The van der Waals surface area contributed by atoms with Gasteiger partial charge in [0, 0.05) is 5.38 Å². The van der Waals surface area contributed by atoms with Crippen LogP contribution in [0.3, 0.4) is 0 Å². The summed E-state index contributed by atoms with van der Waals surface area (Å²) < 4.78 is 40.8. The lowest BCUT2D eigenvalue weighted by Gasteiger charge is -2.27. The van der Waals surface area contributed by atoms with E-state index in [1.54, 1.807) is 44.4 Å². The first-order valence-corrected chi connectivity index (χ1v) is 12.7. The van der Waals surface area contributed by atoms with Crippen molar-refractivity contribution in [3.8, 4) is 11.5 Å². The largest absolute Gasteiger partial charge is 0.461 e. The predicted octanol–water partition coefficient (Wildman–Crippen LogP) is 4.16. The van der Waals surface area contributed by atoms with Crippen molar-refractivity contribution in [1.29, 1.82) is 0 Å². The van der Waals surface area contributed by atoms with E-state index in [1.807, 2.05) is 0 Å². The minimum absolute atomic E-state index is 0.0823. The molecule has 1 aliphatic rings. The van der Waals surface area contributed by atoms with Gasteiger partial charge in [-0.25, -0.2) is 9.78 Å². The van der Waals surface area contributed by atoms with Crippen molar-refractivity contribution in [3.05, 3.63) is 34.8 Å². The van der Waals surface area contributed by atoms with Crippen LogP contribution in [0.4, 0.5) is 5.13 Å². The number of aromatic nitrogens is 1. The molecule has 1 N–H and O–H groups in total.